The van der Waals surface area contributed by atoms with E-state index in [1.165, 1.54) is 0 Å². The van der Waals surface area contributed by atoms with Crippen LogP contribution in [0.15, 0.2) is 36.4 Å². The molecule has 0 aliphatic heterocycles. The molecule has 0 fully saturated rings. The number of rotatable bonds is 11. The normalized spacial score (nSPS) is 13.9. The summed E-state index contributed by atoms with van der Waals surface area (Å²) in [6.07, 6.45) is 0.866. The van der Waals surface area contributed by atoms with Crippen molar-refractivity contribution in [1.29, 1.82) is 0 Å². The minimum Gasteiger partial charge on any atom is -0.444 e. The third-order valence-corrected chi connectivity index (χ3v) is 7.65. The number of benzene rings is 2. The number of aryl methyl sites for hydroxylation is 3. The Kier molecular flexibility index (Phi) is 12.5. The quantitative estimate of drug-likeness (QED) is 0.273. The van der Waals surface area contributed by atoms with E-state index in [0.29, 0.717) is 28.6 Å². The van der Waals surface area contributed by atoms with Gasteiger partial charge in [-0.1, -0.05) is 69.6 Å². The second-order valence-electron chi connectivity index (χ2n) is 13.1. The SMILES string of the molecule is Cc1ccc(C(C(=O)Nc2c(C)cccc2Cl)N(C(=O)C(NC(=O)OC(C)(C)C)C(C)C)C(C)CCC(C)C)cc1C. The molecule has 0 saturated carbocycles. The van der Waals surface area contributed by atoms with Crippen LogP contribution in [0.4, 0.5) is 10.5 Å². The van der Waals surface area contributed by atoms with Crippen molar-refractivity contribution in [3.63, 3.8) is 0 Å². The van der Waals surface area contributed by atoms with Gasteiger partial charge in [0.25, 0.3) is 5.91 Å². The molecule has 7 nitrogen and oxygen atoms in total. The van der Waals surface area contributed by atoms with Crippen molar-refractivity contribution >= 4 is 35.2 Å². The zero-order valence-corrected chi connectivity index (χ0v) is 28.0. The monoisotopic (exact) mass is 599 g/mol. The molecule has 0 aliphatic rings. The van der Waals surface area contributed by atoms with Gasteiger partial charge in [-0.15, -0.1) is 0 Å². The molecule has 0 heterocycles. The van der Waals surface area contributed by atoms with Crippen molar-refractivity contribution in [3.8, 4) is 0 Å². The van der Waals surface area contributed by atoms with E-state index in [4.69, 9.17) is 16.3 Å². The largest absolute Gasteiger partial charge is 0.444 e. The Morgan fingerprint density at radius 1 is 0.905 bits per heavy atom. The lowest BCUT2D eigenvalue weighted by molar-refractivity contribution is -0.144. The molecule has 0 aliphatic carbocycles. The summed E-state index contributed by atoms with van der Waals surface area (Å²) in [6, 6.07) is 9.05. The molecule has 0 aromatic heterocycles. The highest BCUT2D eigenvalue weighted by molar-refractivity contribution is 6.34. The third kappa shape index (κ3) is 9.75. The smallest absolute Gasteiger partial charge is 0.408 e. The van der Waals surface area contributed by atoms with Gasteiger partial charge in [-0.2, -0.15) is 0 Å². The summed E-state index contributed by atoms with van der Waals surface area (Å²) < 4.78 is 5.50. The van der Waals surface area contributed by atoms with Crippen LogP contribution in [0.1, 0.15) is 96.5 Å². The first-order chi connectivity index (χ1) is 19.4. The van der Waals surface area contributed by atoms with Crippen molar-refractivity contribution in [2.75, 3.05) is 5.32 Å². The second kappa shape index (κ2) is 14.9. The number of alkyl carbamates (subject to hydrolysis) is 1. The van der Waals surface area contributed by atoms with Crippen molar-refractivity contribution in [1.82, 2.24) is 10.2 Å². The summed E-state index contributed by atoms with van der Waals surface area (Å²) in [6.45, 7) is 21.2. The van der Waals surface area contributed by atoms with E-state index in [1.807, 2.05) is 71.9 Å². The molecule has 0 spiro atoms. The topological polar surface area (TPSA) is 87.7 Å². The molecule has 2 N–H and O–H groups in total. The molecule has 232 valence electrons. The molecule has 3 atom stereocenters. The van der Waals surface area contributed by atoms with Gasteiger partial charge < -0.3 is 20.3 Å². The lowest BCUT2D eigenvalue weighted by Gasteiger charge is -2.39. The first-order valence-electron chi connectivity index (χ1n) is 14.9. The molecule has 2 rings (SSSR count). The average Bonchev–Trinajstić information content (AvgIpc) is 2.86. The summed E-state index contributed by atoms with van der Waals surface area (Å²) in [5, 5.41) is 6.25. The predicted octanol–water partition coefficient (Wildman–Crippen LogP) is 8.15. The van der Waals surface area contributed by atoms with E-state index in [2.05, 4.69) is 24.5 Å². The Morgan fingerprint density at radius 3 is 2.07 bits per heavy atom. The van der Waals surface area contributed by atoms with Crippen molar-refractivity contribution in [2.24, 2.45) is 11.8 Å². The zero-order valence-electron chi connectivity index (χ0n) is 27.2. The van der Waals surface area contributed by atoms with Crippen molar-refractivity contribution in [3.05, 3.63) is 63.7 Å². The first-order valence-corrected chi connectivity index (χ1v) is 15.3. The Bertz CT molecular complexity index is 1230. The molecule has 2 aromatic carbocycles. The van der Waals surface area contributed by atoms with Gasteiger partial charge in [0, 0.05) is 6.04 Å². The van der Waals surface area contributed by atoms with Gasteiger partial charge in [0.05, 0.1) is 10.7 Å². The lowest BCUT2D eigenvalue weighted by Crippen LogP contribution is -2.56. The van der Waals surface area contributed by atoms with Gasteiger partial charge in [-0.3, -0.25) is 9.59 Å². The number of hydrogen-bond acceptors (Lipinski definition) is 4. The van der Waals surface area contributed by atoms with Gasteiger partial charge in [-0.25, -0.2) is 4.79 Å². The Labute approximate surface area is 257 Å². The number of hydrogen-bond donors (Lipinski definition) is 2. The number of nitrogens with one attached hydrogen (secondary N) is 2. The minimum absolute atomic E-state index is 0.265. The summed E-state index contributed by atoms with van der Waals surface area (Å²) in [7, 11) is 0. The van der Waals surface area contributed by atoms with E-state index in [-0.39, 0.29) is 23.8 Å². The highest BCUT2D eigenvalue weighted by atomic mass is 35.5. The van der Waals surface area contributed by atoms with Crippen molar-refractivity contribution < 1.29 is 19.1 Å². The number of carbonyl (C=O) groups is 3. The molecule has 42 heavy (non-hydrogen) atoms. The predicted molar refractivity (Wildman–Crippen MR) is 172 cm³/mol. The Balaban J connectivity index is 2.70. The average molecular weight is 600 g/mol. The van der Waals surface area contributed by atoms with Crippen LogP contribution < -0.4 is 10.6 Å². The maximum absolute atomic E-state index is 14.6. The lowest BCUT2D eigenvalue weighted by atomic mass is 9.93. The van der Waals surface area contributed by atoms with Crippen LogP contribution in [0.5, 0.6) is 0 Å². The summed E-state index contributed by atoms with van der Waals surface area (Å²) in [5.41, 5.74) is 3.36. The number of nitrogens with zero attached hydrogens (tertiary/aromatic N) is 1. The molecule has 0 bridgehead atoms. The number of amides is 3. The van der Waals surface area contributed by atoms with Gasteiger partial charge in [0.15, 0.2) is 0 Å². The van der Waals surface area contributed by atoms with E-state index in [9.17, 15) is 14.4 Å². The number of anilines is 1. The molecular formula is C34H50ClN3O4. The van der Waals surface area contributed by atoms with Crippen LogP contribution >= 0.6 is 11.6 Å². The maximum atomic E-state index is 14.6. The van der Waals surface area contributed by atoms with Crippen LogP contribution in [-0.4, -0.2) is 40.5 Å². The number of carbonyl (C=O) groups excluding carboxylic acids is 3. The van der Waals surface area contributed by atoms with E-state index >= 15 is 0 Å². The van der Waals surface area contributed by atoms with Gasteiger partial charge in [0.2, 0.25) is 5.91 Å². The van der Waals surface area contributed by atoms with E-state index < -0.39 is 23.8 Å². The molecule has 0 radical (unpaired) electrons. The number of ether oxygens (including phenoxy) is 1. The third-order valence-electron chi connectivity index (χ3n) is 7.34. The summed E-state index contributed by atoms with van der Waals surface area (Å²) in [4.78, 5) is 43.4. The molecule has 0 saturated heterocycles. The fraction of sp³-hybridized carbons (Fsp3) is 0.559. The maximum Gasteiger partial charge on any atom is 0.408 e. The molecule has 3 amide bonds. The fourth-order valence-corrected chi connectivity index (χ4v) is 5.05. The van der Waals surface area contributed by atoms with Gasteiger partial charge >= 0.3 is 6.09 Å². The second-order valence-corrected chi connectivity index (χ2v) is 13.5. The summed E-state index contributed by atoms with van der Waals surface area (Å²) in [5.74, 6) is -0.579. The minimum atomic E-state index is -0.976. The number of para-hydroxylation sites is 1. The van der Waals surface area contributed by atoms with Crippen LogP contribution in [-0.2, 0) is 14.3 Å². The molecule has 8 heteroatoms. The van der Waals surface area contributed by atoms with Crippen LogP contribution in [0.2, 0.25) is 5.02 Å². The Morgan fingerprint density at radius 2 is 1.55 bits per heavy atom. The van der Waals surface area contributed by atoms with E-state index in [1.54, 1.807) is 31.7 Å². The molecule has 2 aromatic rings. The van der Waals surface area contributed by atoms with E-state index in [0.717, 1.165) is 23.1 Å². The first kappa shape index (κ1) is 35.1. The fourth-order valence-electron chi connectivity index (χ4n) is 4.78. The van der Waals surface area contributed by atoms with Crippen LogP contribution in [0, 0.1) is 32.6 Å². The molecule has 3 unspecified atom stereocenters. The van der Waals surface area contributed by atoms with Crippen molar-refractivity contribution in [2.45, 2.75) is 113 Å². The highest BCUT2D eigenvalue weighted by Gasteiger charge is 2.40. The Hall–Kier alpha value is -3.06. The summed E-state index contributed by atoms with van der Waals surface area (Å²) >= 11 is 6.50. The van der Waals surface area contributed by atoms with Gasteiger partial charge in [0.1, 0.15) is 17.7 Å². The standard InChI is InChI=1S/C34H50ClN3O4/c1-20(2)15-17-25(8)38(32(40)28(21(3)4)37-33(41)42-34(9,10)11)30(26-18-16-22(5)24(7)19-26)31(39)36-29-23(6)13-12-14-27(29)35/h12-14,16,18-21,25,28,30H,15,17H2,1-11H3,(H,36,39)(H,37,41). The zero-order chi connectivity index (χ0) is 31.9. The van der Waals surface area contributed by atoms with Gasteiger partial charge in [-0.05, 0) is 101 Å². The van der Waals surface area contributed by atoms with Crippen LogP contribution in [0.3, 0.4) is 0 Å². The number of halogens is 1. The molecular weight excluding hydrogens is 550 g/mol. The van der Waals surface area contributed by atoms with Crippen LogP contribution in [0.25, 0.3) is 0 Å². The highest BCUT2D eigenvalue weighted by Crippen LogP contribution is 2.32.